The second-order valence-corrected chi connectivity index (χ2v) is 4.78. The Hall–Kier alpha value is -2.17. The molecule has 18 heavy (non-hydrogen) atoms. The van der Waals surface area contributed by atoms with Crippen molar-refractivity contribution in [3.05, 3.63) is 29.8 Å². The number of amidine groups is 1. The number of hydrogen-bond donors (Lipinski definition) is 2. The molecule has 1 aromatic rings. The van der Waals surface area contributed by atoms with E-state index in [1.54, 1.807) is 24.3 Å². The Kier molecular flexibility index (Phi) is 2.23. The fourth-order valence-corrected chi connectivity index (χ4v) is 2.31. The van der Waals surface area contributed by atoms with Gasteiger partial charge in [0.2, 0.25) is 5.91 Å². The standard InChI is InChI=1S/C13H13N3O2/c14-9-4-2-8(3-5-9)10-15-11(17)13(6-1-7-13)12(18)16-10/h2-5H,1,6-7,14H2,(H,15,16,17,18). The van der Waals surface area contributed by atoms with Crippen molar-refractivity contribution in [2.75, 3.05) is 5.73 Å². The van der Waals surface area contributed by atoms with Gasteiger partial charge in [-0.3, -0.25) is 9.59 Å². The highest BCUT2D eigenvalue weighted by molar-refractivity contribution is 6.23. The molecule has 1 aromatic carbocycles. The molecule has 1 aliphatic carbocycles. The van der Waals surface area contributed by atoms with Gasteiger partial charge in [-0.05, 0) is 37.1 Å². The quantitative estimate of drug-likeness (QED) is 0.566. The molecule has 92 valence electrons. The van der Waals surface area contributed by atoms with E-state index < -0.39 is 5.41 Å². The number of amides is 2. The van der Waals surface area contributed by atoms with Crippen LogP contribution in [0, 0.1) is 5.41 Å². The van der Waals surface area contributed by atoms with E-state index in [0.29, 0.717) is 29.9 Å². The number of carbonyl (C=O) groups is 2. The van der Waals surface area contributed by atoms with Gasteiger partial charge in [0.25, 0.3) is 5.91 Å². The molecular formula is C13H13N3O2. The Labute approximate surface area is 104 Å². The average molecular weight is 243 g/mol. The number of aliphatic imine (C=N–C) groups is 1. The number of nitrogens with one attached hydrogen (secondary N) is 1. The van der Waals surface area contributed by atoms with Crippen LogP contribution in [0.3, 0.4) is 0 Å². The number of anilines is 1. The summed E-state index contributed by atoms with van der Waals surface area (Å²) >= 11 is 0. The Balaban J connectivity index is 1.96. The fourth-order valence-electron chi connectivity index (χ4n) is 2.31. The molecule has 1 spiro atoms. The molecule has 3 N–H and O–H groups in total. The number of benzene rings is 1. The van der Waals surface area contributed by atoms with Crippen molar-refractivity contribution < 1.29 is 9.59 Å². The van der Waals surface area contributed by atoms with Crippen molar-refractivity contribution >= 4 is 23.3 Å². The molecule has 1 aliphatic heterocycles. The highest BCUT2D eigenvalue weighted by Crippen LogP contribution is 2.43. The van der Waals surface area contributed by atoms with Gasteiger partial charge in [-0.15, -0.1) is 0 Å². The van der Waals surface area contributed by atoms with Crippen LogP contribution >= 0.6 is 0 Å². The third-order valence-corrected chi connectivity index (χ3v) is 3.68. The van der Waals surface area contributed by atoms with Crippen molar-refractivity contribution in [3.8, 4) is 0 Å². The van der Waals surface area contributed by atoms with Crippen molar-refractivity contribution in [2.45, 2.75) is 19.3 Å². The van der Waals surface area contributed by atoms with E-state index in [9.17, 15) is 9.59 Å². The topological polar surface area (TPSA) is 84.5 Å². The number of hydrogen-bond acceptors (Lipinski definition) is 3. The van der Waals surface area contributed by atoms with E-state index in [0.717, 1.165) is 6.42 Å². The SMILES string of the molecule is Nc1ccc(C2=NC(=O)C3(CCC3)C(=O)N2)cc1. The second-order valence-electron chi connectivity index (χ2n) is 4.78. The zero-order valence-corrected chi connectivity index (χ0v) is 9.77. The van der Waals surface area contributed by atoms with Gasteiger partial charge >= 0.3 is 0 Å². The Morgan fingerprint density at radius 2 is 1.83 bits per heavy atom. The molecule has 3 rings (SSSR count). The van der Waals surface area contributed by atoms with Crippen LogP contribution in [0.4, 0.5) is 5.69 Å². The van der Waals surface area contributed by atoms with Crippen LogP contribution in [-0.2, 0) is 9.59 Å². The average Bonchev–Trinajstić information content (AvgIpc) is 2.27. The first-order valence-electron chi connectivity index (χ1n) is 5.92. The number of carbonyl (C=O) groups excluding carboxylic acids is 2. The van der Waals surface area contributed by atoms with E-state index in [-0.39, 0.29) is 11.8 Å². The highest BCUT2D eigenvalue weighted by Gasteiger charge is 2.53. The van der Waals surface area contributed by atoms with Gasteiger partial charge in [0.1, 0.15) is 11.3 Å². The van der Waals surface area contributed by atoms with Crippen LogP contribution in [-0.4, -0.2) is 17.6 Å². The van der Waals surface area contributed by atoms with E-state index in [1.807, 2.05) is 0 Å². The maximum atomic E-state index is 12.0. The molecule has 5 nitrogen and oxygen atoms in total. The fraction of sp³-hybridized carbons (Fsp3) is 0.308. The number of nitrogen functional groups attached to an aromatic ring is 1. The van der Waals surface area contributed by atoms with Gasteiger partial charge in [0, 0.05) is 11.3 Å². The maximum Gasteiger partial charge on any atom is 0.263 e. The molecule has 0 unspecified atom stereocenters. The normalized spacial score (nSPS) is 21.2. The zero-order valence-electron chi connectivity index (χ0n) is 9.77. The minimum Gasteiger partial charge on any atom is -0.399 e. The summed E-state index contributed by atoms with van der Waals surface area (Å²) in [5.41, 5.74) is 6.04. The third kappa shape index (κ3) is 1.44. The van der Waals surface area contributed by atoms with Crippen LogP contribution in [0.25, 0.3) is 0 Å². The molecule has 0 bridgehead atoms. The zero-order chi connectivity index (χ0) is 12.8. The smallest absolute Gasteiger partial charge is 0.263 e. The molecule has 1 heterocycles. The lowest BCUT2D eigenvalue weighted by Gasteiger charge is -2.39. The molecule has 0 atom stereocenters. The van der Waals surface area contributed by atoms with Crippen LogP contribution in [0.5, 0.6) is 0 Å². The van der Waals surface area contributed by atoms with Crippen molar-refractivity contribution in [1.29, 1.82) is 0 Å². The summed E-state index contributed by atoms with van der Waals surface area (Å²) in [7, 11) is 0. The summed E-state index contributed by atoms with van der Waals surface area (Å²) < 4.78 is 0. The molecule has 0 saturated heterocycles. The predicted octanol–water partition coefficient (Wildman–Crippen LogP) is 0.842. The molecule has 2 amide bonds. The molecular weight excluding hydrogens is 230 g/mol. The molecule has 2 aliphatic rings. The third-order valence-electron chi connectivity index (χ3n) is 3.68. The van der Waals surface area contributed by atoms with E-state index in [2.05, 4.69) is 10.3 Å². The first-order chi connectivity index (χ1) is 8.62. The van der Waals surface area contributed by atoms with Gasteiger partial charge in [-0.2, -0.15) is 4.99 Å². The summed E-state index contributed by atoms with van der Waals surface area (Å²) in [6, 6.07) is 6.89. The summed E-state index contributed by atoms with van der Waals surface area (Å²) in [4.78, 5) is 28.0. The van der Waals surface area contributed by atoms with Crippen molar-refractivity contribution in [3.63, 3.8) is 0 Å². The summed E-state index contributed by atoms with van der Waals surface area (Å²) in [6.07, 6.45) is 2.12. The highest BCUT2D eigenvalue weighted by atomic mass is 16.2. The first-order valence-corrected chi connectivity index (χ1v) is 5.92. The molecule has 1 fully saturated rings. The van der Waals surface area contributed by atoms with Crippen LogP contribution in [0.1, 0.15) is 24.8 Å². The minimum absolute atomic E-state index is 0.222. The van der Waals surface area contributed by atoms with E-state index >= 15 is 0 Å². The monoisotopic (exact) mass is 243 g/mol. The minimum atomic E-state index is -0.878. The van der Waals surface area contributed by atoms with Crippen molar-refractivity contribution in [1.82, 2.24) is 5.32 Å². The predicted molar refractivity (Wildman–Crippen MR) is 66.8 cm³/mol. The van der Waals surface area contributed by atoms with Crippen LogP contribution in [0.2, 0.25) is 0 Å². The van der Waals surface area contributed by atoms with Gasteiger partial charge < -0.3 is 11.1 Å². The summed E-state index contributed by atoms with van der Waals surface area (Å²) in [5.74, 6) is -0.215. The second kappa shape index (κ2) is 3.66. The number of nitrogens with zero attached hydrogens (tertiary/aromatic N) is 1. The van der Waals surface area contributed by atoms with Crippen LogP contribution in [0.15, 0.2) is 29.3 Å². The Morgan fingerprint density at radius 3 is 2.33 bits per heavy atom. The molecule has 0 radical (unpaired) electrons. The molecule has 1 saturated carbocycles. The number of rotatable bonds is 1. The van der Waals surface area contributed by atoms with Crippen molar-refractivity contribution in [2.24, 2.45) is 10.4 Å². The lowest BCUT2D eigenvalue weighted by atomic mass is 9.67. The first kappa shape index (κ1) is 11.0. The van der Waals surface area contributed by atoms with Gasteiger partial charge in [0.15, 0.2) is 0 Å². The maximum absolute atomic E-state index is 12.0. The summed E-state index contributed by atoms with van der Waals surface area (Å²) in [6.45, 7) is 0. The van der Waals surface area contributed by atoms with Gasteiger partial charge in [-0.25, -0.2) is 0 Å². The lowest BCUT2D eigenvalue weighted by Crippen LogP contribution is -2.56. The summed E-state index contributed by atoms with van der Waals surface area (Å²) in [5, 5.41) is 2.72. The Bertz CT molecular complexity index is 556. The largest absolute Gasteiger partial charge is 0.399 e. The Morgan fingerprint density at radius 1 is 1.17 bits per heavy atom. The van der Waals surface area contributed by atoms with Gasteiger partial charge in [-0.1, -0.05) is 6.42 Å². The molecule has 5 heteroatoms. The molecule has 0 aromatic heterocycles. The number of nitrogens with two attached hydrogens (primary N) is 1. The lowest BCUT2D eigenvalue weighted by molar-refractivity contribution is -0.147. The van der Waals surface area contributed by atoms with E-state index in [4.69, 9.17) is 5.73 Å². The van der Waals surface area contributed by atoms with E-state index in [1.165, 1.54) is 0 Å². The van der Waals surface area contributed by atoms with Gasteiger partial charge in [0.05, 0.1) is 0 Å². The van der Waals surface area contributed by atoms with Crippen LogP contribution < -0.4 is 11.1 Å².